The molecule has 3 N–H and O–H groups in total. The maximum Gasteiger partial charge on any atom is 0.224 e. The number of unbranched alkanes of at least 4 members (excludes halogenated alkanes) is 2. The van der Waals surface area contributed by atoms with Gasteiger partial charge >= 0.3 is 0 Å². The lowest BCUT2D eigenvalue weighted by molar-refractivity contribution is -0.253. The van der Waals surface area contributed by atoms with Crippen LogP contribution in [0.1, 0.15) is 79.2 Å². The summed E-state index contributed by atoms with van der Waals surface area (Å²) in [5, 5.41) is 15.4. The summed E-state index contributed by atoms with van der Waals surface area (Å²) in [6, 6.07) is 36.6. The maximum absolute atomic E-state index is 12.7. The minimum absolute atomic E-state index is 0.0102. The van der Waals surface area contributed by atoms with E-state index >= 15 is 0 Å². The van der Waals surface area contributed by atoms with Crippen LogP contribution in [-0.4, -0.2) is 41.0 Å². The van der Waals surface area contributed by atoms with Crippen molar-refractivity contribution in [3.63, 3.8) is 0 Å². The van der Waals surface area contributed by atoms with Crippen LogP contribution in [0.2, 0.25) is 0 Å². The summed E-state index contributed by atoms with van der Waals surface area (Å²) in [5.74, 6) is -0.0816. The number of nitrogens with one attached hydrogen (secondary N) is 2. The number of aliphatic hydroxyl groups excluding tert-OH is 1. The number of rotatable bonds is 16. The number of aliphatic hydroxyl groups is 1. The number of nitrogens with zero attached hydrogens (tertiary/aromatic N) is 1. The Balaban J connectivity index is 1.30. The van der Waals surface area contributed by atoms with Gasteiger partial charge in [0.15, 0.2) is 6.29 Å². The molecule has 5 rings (SSSR count). The molecule has 1 saturated heterocycles. The molecule has 0 spiro atoms. The fourth-order valence-corrected chi connectivity index (χ4v) is 6.03. The first-order chi connectivity index (χ1) is 23.4. The Hall–Kier alpha value is -4.34. The minimum Gasteiger partial charge on any atom is -0.392 e. The van der Waals surface area contributed by atoms with E-state index in [1.54, 1.807) is 0 Å². The predicted octanol–water partition coefficient (Wildman–Crippen LogP) is 7.06. The second kappa shape index (κ2) is 18.3. The molecule has 3 unspecified atom stereocenters. The molecule has 0 aliphatic carbocycles. The molecular weight excluding hydrogens is 602 g/mol. The Morgan fingerprint density at radius 2 is 1.46 bits per heavy atom. The van der Waals surface area contributed by atoms with Crippen molar-refractivity contribution in [3.05, 3.63) is 137 Å². The highest BCUT2D eigenvalue weighted by atomic mass is 16.7. The van der Waals surface area contributed by atoms with Crippen molar-refractivity contribution in [3.8, 4) is 0 Å². The number of hydrogen-bond donors (Lipinski definition) is 3. The highest BCUT2D eigenvalue weighted by Crippen LogP contribution is 2.39. The van der Waals surface area contributed by atoms with E-state index in [0.29, 0.717) is 31.6 Å². The predicted molar refractivity (Wildman–Crippen MR) is 188 cm³/mol. The standard InChI is InChI=1S/C40H47N3O5/c1-30(45)41-23-10-4-9-18-39(46)42-36-17-11-16-35(24-36)40-47-37(25-38(48-40)34-21-19-33(29-44)20-22-34)28-43(26-31-12-5-2-6-13-31)27-32-14-7-3-8-15-32/h2-3,5-8,11-17,19-22,24,37-38,40,44H,4,9-10,18,23,25-29H2,1H3,(H,41,45)(H,42,46). The zero-order chi connectivity index (χ0) is 33.6. The van der Waals surface area contributed by atoms with Crippen LogP contribution in [0.4, 0.5) is 5.69 Å². The van der Waals surface area contributed by atoms with Crippen LogP contribution >= 0.6 is 0 Å². The first kappa shape index (κ1) is 35.0. The Labute approximate surface area is 284 Å². The van der Waals surface area contributed by atoms with Gasteiger partial charge in [0.2, 0.25) is 11.8 Å². The molecule has 252 valence electrons. The highest BCUT2D eigenvalue weighted by Gasteiger charge is 2.33. The molecule has 1 aliphatic heterocycles. The monoisotopic (exact) mass is 649 g/mol. The van der Waals surface area contributed by atoms with Crippen LogP contribution in [0.15, 0.2) is 109 Å². The lowest BCUT2D eigenvalue weighted by atomic mass is 9.99. The average molecular weight is 650 g/mol. The van der Waals surface area contributed by atoms with Crippen LogP contribution in [0.25, 0.3) is 0 Å². The Kier molecular flexibility index (Phi) is 13.3. The third-order valence-electron chi connectivity index (χ3n) is 8.47. The summed E-state index contributed by atoms with van der Waals surface area (Å²) < 4.78 is 13.3. The fourth-order valence-electron chi connectivity index (χ4n) is 6.03. The molecule has 48 heavy (non-hydrogen) atoms. The molecule has 0 saturated carbocycles. The number of anilines is 1. The molecule has 4 aromatic rings. The molecule has 1 aliphatic rings. The summed E-state index contributed by atoms with van der Waals surface area (Å²) >= 11 is 0. The second-order valence-electron chi connectivity index (χ2n) is 12.5. The van der Waals surface area contributed by atoms with E-state index in [0.717, 1.165) is 49.0 Å². The van der Waals surface area contributed by atoms with Crippen molar-refractivity contribution < 1.29 is 24.2 Å². The number of benzene rings is 4. The molecule has 8 nitrogen and oxygen atoms in total. The lowest BCUT2D eigenvalue weighted by Gasteiger charge is -2.38. The van der Waals surface area contributed by atoms with Crippen molar-refractivity contribution in [2.75, 3.05) is 18.4 Å². The van der Waals surface area contributed by atoms with Gasteiger partial charge in [0.05, 0.1) is 18.8 Å². The van der Waals surface area contributed by atoms with E-state index in [1.807, 2.05) is 60.7 Å². The van der Waals surface area contributed by atoms with Gasteiger partial charge in [-0.3, -0.25) is 14.5 Å². The summed E-state index contributed by atoms with van der Waals surface area (Å²) in [4.78, 5) is 26.2. The van der Waals surface area contributed by atoms with Gasteiger partial charge in [0.25, 0.3) is 0 Å². The molecule has 0 aromatic heterocycles. The van der Waals surface area contributed by atoms with E-state index in [1.165, 1.54) is 18.1 Å². The average Bonchev–Trinajstić information content (AvgIpc) is 3.10. The van der Waals surface area contributed by atoms with E-state index in [-0.39, 0.29) is 30.6 Å². The third kappa shape index (κ3) is 11.1. The van der Waals surface area contributed by atoms with Crippen molar-refractivity contribution in [2.24, 2.45) is 0 Å². The number of hydrogen-bond acceptors (Lipinski definition) is 6. The van der Waals surface area contributed by atoms with Gasteiger partial charge in [-0.2, -0.15) is 0 Å². The van der Waals surface area contributed by atoms with Crippen molar-refractivity contribution in [1.29, 1.82) is 0 Å². The Bertz CT molecular complexity index is 1520. The van der Waals surface area contributed by atoms with Gasteiger partial charge in [-0.1, -0.05) is 103 Å². The van der Waals surface area contributed by atoms with Crippen LogP contribution in [-0.2, 0) is 38.8 Å². The van der Waals surface area contributed by atoms with Gasteiger partial charge in [-0.15, -0.1) is 0 Å². The molecule has 0 bridgehead atoms. The highest BCUT2D eigenvalue weighted by molar-refractivity contribution is 5.90. The van der Waals surface area contributed by atoms with Gasteiger partial charge in [0, 0.05) is 57.2 Å². The van der Waals surface area contributed by atoms with E-state index in [4.69, 9.17) is 9.47 Å². The summed E-state index contributed by atoms with van der Waals surface area (Å²) in [7, 11) is 0. The number of amides is 2. The van der Waals surface area contributed by atoms with Crippen LogP contribution < -0.4 is 10.6 Å². The topological polar surface area (TPSA) is 100 Å². The molecule has 2 amide bonds. The molecule has 3 atom stereocenters. The Morgan fingerprint density at radius 3 is 2.10 bits per heavy atom. The first-order valence-corrected chi connectivity index (χ1v) is 16.9. The number of ether oxygens (including phenoxy) is 2. The van der Waals surface area contributed by atoms with E-state index in [2.05, 4.69) is 64.1 Å². The summed E-state index contributed by atoms with van der Waals surface area (Å²) in [6.07, 6.45) is 2.57. The molecule has 0 radical (unpaired) electrons. The zero-order valence-electron chi connectivity index (χ0n) is 27.7. The van der Waals surface area contributed by atoms with Crippen molar-refractivity contribution in [2.45, 2.75) is 77.2 Å². The smallest absolute Gasteiger partial charge is 0.224 e. The van der Waals surface area contributed by atoms with Gasteiger partial charge in [-0.05, 0) is 47.2 Å². The Morgan fingerprint density at radius 1 is 0.771 bits per heavy atom. The van der Waals surface area contributed by atoms with Gasteiger partial charge in [0.1, 0.15) is 0 Å². The molecule has 4 aromatic carbocycles. The first-order valence-electron chi connectivity index (χ1n) is 16.9. The van der Waals surface area contributed by atoms with E-state index < -0.39 is 6.29 Å². The largest absolute Gasteiger partial charge is 0.392 e. The number of carbonyl (C=O) groups excluding carboxylic acids is 2. The maximum atomic E-state index is 12.7. The van der Waals surface area contributed by atoms with Gasteiger partial charge in [-0.25, -0.2) is 0 Å². The van der Waals surface area contributed by atoms with Crippen LogP contribution in [0, 0.1) is 0 Å². The van der Waals surface area contributed by atoms with Crippen LogP contribution in [0.5, 0.6) is 0 Å². The quantitative estimate of drug-likeness (QED) is 0.112. The molecular formula is C40H47N3O5. The van der Waals surface area contributed by atoms with Crippen LogP contribution in [0.3, 0.4) is 0 Å². The summed E-state index contributed by atoms with van der Waals surface area (Å²) in [5.41, 5.74) is 5.90. The third-order valence-corrected chi connectivity index (χ3v) is 8.47. The van der Waals surface area contributed by atoms with Crippen molar-refractivity contribution in [1.82, 2.24) is 10.2 Å². The lowest BCUT2D eigenvalue weighted by Crippen LogP contribution is -2.39. The minimum atomic E-state index is -0.632. The molecule has 8 heteroatoms. The van der Waals surface area contributed by atoms with E-state index in [9.17, 15) is 14.7 Å². The number of carbonyl (C=O) groups is 2. The normalized spacial score (nSPS) is 17.6. The second-order valence-corrected chi connectivity index (χ2v) is 12.5. The van der Waals surface area contributed by atoms with Crippen molar-refractivity contribution >= 4 is 17.5 Å². The zero-order valence-corrected chi connectivity index (χ0v) is 27.7. The fraction of sp³-hybridized carbons (Fsp3) is 0.350. The molecule has 1 heterocycles. The summed E-state index contributed by atoms with van der Waals surface area (Å²) in [6.45, 7) is 4.39. The molecule has 1 fully saturated rings. The van der Waals surface area contributed by atoms with Gasteiger partial charge < -0.3 is 25.2 Å². The SMILES string of the molecule is CC(=O)NCCCCCC(=O)Nc1cccc(C2OC(CN(Cc3ccccc3)Cc3ccccc3)CC(c3ccc(CO)cc3)O2)c1.